The number of ketones is 1. The highest BCUT2D eigenvalue weighted by atomic mass is 16.3. The smallest absolute Gasteiger partial charge is 0.164 e. The van der Waals surface area contributed by atoms with E-state index in [1.807, 2.05) is 44.3 Å². The van der Waals surface area contributed by atoms with Crippen LogP contribution in [0, 0.1) is 6.92 Å². The summed E-state index contributed by atoms with van der Waals surface area (Å²) < 4.78 is 5.03. The second kappa shape index (κ2) is 6.34. The zero-order chi connectivity index (χ0) is 13.7. The normalized spacial score (nSPS) is 10.9. The first-order valence-corrected chi connectivity index (χ1v) is 6.45. The van der Waals surface area contributed by atoms with Crippen LogP contribution in [-0.2, 0) is 6.54 Å². The van der Waals surface area contributed by atoms with Gasteiger partial charge in [-0.3, -0.25) is 4.79 Å². The van der Waals surface area contributed by atoms with Crippen molar-refractivity contribution in [3.63, 3.8) is 0 Å². The van der Waals surface area contributed by atoms with Gasteiger partial charge in [-0.25, -0.2) is 0 Å². The van der Waals surface area contributed by atoms with Crippen LogP contribution in [0.2, 0.25) is 0 Å². The Labute approximate surface area is 113 Å². The Kier molecular flexibility index (Phi) is 4.53. The van der Waals surface area contributed by atoms with Crippen LogP contribution in [0.15, 0.2) is 47.3 Å². The summed E-state index contributed by atoms with van der Waals surface area (Å²) in [6, 6.07) is 9.68. The van der Waals surface area contributed by atoms with Gasteiger partial charge in [-0.15, -0.1) is 0 Å². The predicted molar refractivity (Wildman–Crippen MR) is 75.2 cm³/mol. The van der Waals surface area contributed by atoms with E-state index in [9.17, 15) is 4.79 Å². The Balaban J connectivity index is 1.85. The molecule has 2 rings (SSSR count). The van der Waals surface area contributed by atoms with Crippen LogP contribution < -0.4 is 0 Å². The van der Waals surface area contributed by atoms with E-state index in [4.69, 9.17) is 4.42 Å². The molecule has 0 saturated carbocycles. The number of hydrogen-bond acceptors (Lipinski definition) is 3. The van der Waals surface area contributed by atoms with Gasteiger partial charge in [0, 0.05) is 30.6 Å². The molecule has 0 aliphatic heterocycles. The largest absolute Gasteiger partial charge is 0.472 e. The van der Waals surface area contributed by atoms with E-state index >= 15 is 0 Å². The van der Waals surface area contributed by atoms with Crippen LogP contribution in [0.5, 0.6) is 0 Å². The highest BCUT2D eigenvalue weighted by Gasteiger charge is 2.10. The van der Waals surface area contributed by atoms with E-state index in [2.05, 4.69) is 4.90 Å². The molecule has 0 aliphatic rings. The molecule has 0 unspecified atom stereocenters. The lowest BCUT2D eigenvalue weighted by atomic mass is 10.0. The first-order valence-electron chi connectivity index (χ1n) is 6.45. The maximum atomic E-state index is 12.1. The van der Waals surface area contributed by atoms with Gasteiger partial charge < -0.3 is 9.32 Å². The highest BCUT2D eigenvalue weighted by Crippen LogP contribution is 2.11. The minimum Gasteiger partial charge on any atom is -0.472 e. The summed E-state index contributed by atoms with van der Waals surface area (Å²) in [4.78, 5) is 14.3. The number of carbonyl (C=O) groups excluding carboxylic acids is 1. The summed E-state index contributed by atoms with van der Waals surface area (Å²) in [5.41, 5.74) is 3.01. The van der Waals surface area contributed by atoms with Gasteiger partial charge in [-0.1, -0.05) is 24.3 Å². The van der Waals surface area contributed by atoms with Crippen molar-refractivity contribution in [1.29, 1.82) is 0 Å². The van der Waals surface area contributed by atoms with Gasteiger partial charge in [-0.05, 0) is 25.6 Å². The van der Waals surface area contributed by atoms with Crippen molar-refractivity contribution in [2.24, 2.45) is 0 Å². The van der Waals surface area contributed by atoms with Gasteiger partial charge >= 0.3 is 0 Å². The van der Waals surface area contributed by atoms with Crippen molar-refractivity contribution in [3.8, 4) is 0 Å². The van der Waals surface area contributed by atoms with E-state index < -0.39 is 0 Å². The minimum atomic E-state index is 0.206. The Morgan fingerprint density at radius 1 is 1.26 bits per heavy atom. The van der Waals surface area contributed by atoms with E-state index in [1.165, 1.54) is 0 Å². The summed E-state index contributed by atoms with van der Waals surface area (Å²) >= 11 is 0. The fourth-order valence-electron chi connectivity index (χ4n) is 2.09. The van der Waals surface area contributed by atoms with Crippen LogP contribution in [0.3, 0.4) is 0 Å². The number of rotatable bonds is 6. The SMILES string of the molecule is Cc1ccccc1C(=O)CCN(C)Cc1ccoc1. The molecule has 2 aromatic rings. The zero-order valence-electron chi connectivity index (χ0n) is 11.4. The predicted octanol–water partition coefficient (Wildman–Crippen LogP) is 3.29. The van der Waals surface area contributed by atoms with Crippen molar-refractivity contribution in [2.75, 3.05) is 13.6 Å². The highest BCUT2D eigenvalue weighted by molar-refractivity contribution is 5.97. The van der Waals surface area contributed by atoms with E-state index in [0.29, 0.717) is 6.42 Å². The van der Waals surface area contributed by atoms with E-state index in [-0.39, 0.29) is 5.78 Å². The maximum Gasteiger partial charge on any atom is 0.164 e. The van der Waals surface area contributed by atoms with Crippen molar-refractivity contribution < 1.29 is 9.21 Å². The van der Waals surface area contributed by atoms with Crippen molar-refractivity contribution >= 4 is 5.78 Å². The number of hydrogen-bond donors (Lipinski definition) is 0. The Morgan fingerprint density at radius 3 is 2.74 bits per heavy atom. The lowest BCUT2D eigenvalue weighted by Gasteiger charge is -2.15. The second-order valence-corrected chi connectivity index (χ2v) is 4.86. The molecule has 0 atom stereocenters. The monoisotopic (exact) mass is 257 g/mol. The summed E-state index contributed by atoms with van der Waals surface area (Å²) in [6.07, 6.45) is 3.94. The van der Waals surface area contributed by atoms with Gasteiger partial charge in [0.05, 0.1) is 12.5 Å². The van der Waals surface area contributed by atoms with Gasteiger partial charge in [-0.2, -0.15) is 0 Å². The second-order valence-electron chi connectivity index (χ2n) is 4.86. The molecule has 0 aliphatic carbocycles. The topological polar surface area (TPSA) is 33.5 Å². The fraction of sp³-hybridized carbons (Fsp3) is 0.312. The Bertz CT molecular complexity index is 531. The third-order valence-corrected chi connectivity index (χ3v) is 3.20. The van der Waals surface area contributed by atoms with Gasteiger partial charge in [0.15, 0.2) is 5.78 Å². The molecule has 0 amide bonds. The number of aryl methyl sites for hydroxylation is 1. The molecule has 0 radical (unpaired) electrons. The average molecular weight is 257 g/mol. The number of Topliss-reactive ketones (excluding diaryl/α,β-unsaturated/α-hetero) is 1. The molecule has 19 heavy (non-hydrogen) atoms. The summed E-state index contributed by atoms with van der Waals surface area (Å²) in [5.74, 6) is 0.206. The molecule has 1 aromatic carbocycles. The van der Waals surface area contributed by atoms with Crippen LogP contribution >= 0.6 is 0 Å². The third-order valence-electron chi connectivity index (χ3n) is 3.20. The van der Waals surface area contributed by atoms with Crippen LogP contribution in [-0.4, -0.2) is 24.3 Å². The van der Waals surface area contributed by atoms with Crippen molar-refractivity contribution in [2.45, 2.75) is 19.9 Å². The molecular formula is C16H19NO2. The van der Waals surface area contributed by atoms with Crippen LogP contribution in [0.4, 0.5) is 0 Å². The zero-order valence-corrected chi connectivity index (χ0v) is 11.4. The Morgan fingerprint density at radius 2 is 2.05 bits per heavy atom. The average Bonchev–Trinajstić information content (AvgIpc) is 2.89. The molecular weight excluding hydrogens is 238 g/mol. The van der Waals surface area contributed by atoms with Crippen molar-refractivity contribution in [1.82, 2.24) is 4.90 Å². The number of furan rings is 1. The van der Waals surface area contributed by atoms with Crippen LogP contribution in [0.25, 0.3) is 0 Å². The molecule has 0 spiro atoms. The van der Waals surface area contributed by atoms with E-state index in [1.54, 1.807) is 12.5 Å². The quantitative estimate of drug-likeness (QED) is 0.744. The summed E-state index contributed by atoms with van der Waals surface area (Å²) in [7, 11) is 2.01. The van der Waals surface area contributed by atoms with Crippen LogP contribution in [0.1, 0.15) is 27.9 Å². The fourth-order valence-corrected chi connectivity index (χ4v) is 2.09. The van der Waals surface area contributed by atoms with Gasteiger partial charge in [0.2, 0.25) is 0 Å². The molecule has 1 heterocycles. The molecule has 0 bridgehead atoms. The Hall–Kier alpha value is -1.87. The lowest BCUT2D eigenvalue weighted by Crippen LogP contribution is -2.21. The van der Waals surface area contributed by atoms with Crippen molar-refractivity contribution in [3.05, 3.63) is 59.5 Å². The maximum absolute atomic E-state index is 12.1. The molecule has 3 nitrogen and oxygen atoms in total. The number of carbonyl (C=O) groups is 1. The first kappa shape index (κ1) is 13.6. The van der Waals surface area contributed by atoms with Gasteiger partial charge in [0.1, 0.15) is 0 Å². The molecule has 0 saturated heterocycles. The lowest BCUT2D eigenvalue weighted by molar-refractivity contribution is 0.0967. The molecule has 0 fully saturated rings. The molecule has 3 heteroatoms. The molecule has 1 aromatic heterocycles. The molecule has 0 N–H and O–H groups in total. The standard InChI is InChI=1S/C16H19NO2/c1-13-5-3-4-6-15(13)16(18)7-9-17(2)11-14-8-10-19-12-14/h3-6,8,10,12H,7,9,11H2,1-2H3. The first-order chi connectivity index (χ1) is 9.16. The number of nitrogens with zero attached hydrogens (tertiary/aromatic N) is 1. The van der Waals surface area contributed by atoms with Gasteiger partial charge in [0.25, 0.3) is 0 Å². The molecule has 100 valence electrons. The van der Waals surface area contributed by atoms with E-state index in [0.717, 1.165) is 29.8 Å². The number of benzene rings is 1. The summed E-state index contributed by atoms with van der Waals surface area (Å²) in [5, 5.41) is 0. The minimum absolute atomic E-state index is 0.206. The summed E-state index contributed by atoms with van der Waals surface area (Å²) in [6.45, 7) is 3.53. The third kappa shape index (κ3) is 3.80.